The second-order valence-electron chi connectivity index (χ2n) is 7.15. The van der Waals surface area contributed by atoms with Crippen molar-refractivity contribution in [1.29, 1.82) is 0 Å². The van der Waals surface area contributed by atoms with Crippen molar-refractivity contribution < 1.29 is 17.9 Å². The van der Waals surface area contributed by atoms with E-state index < -0.39 is 10.0 Å². The van der Waals surface area contributed by atoms with Crippen LogP contribution in [0, 0.1) is 6.92 Å². The second-order valence-corrected chi connectivity index (χ2v) is 9.04. The Labute approximate surface area is 155 Å². The van der Waals surface area contributed by atoms with E-state index in [1.165, 1.54) is 6.26 Å². The van der Waals surface area contributed by atoms with Crippen LogP contribution in [0.15, 0.2) is 18.3 Å². The first-order valence-electron chi connectivity index (χ1n) is 9.15. The summed E-state index contributed by atoms with van der Waals surface area (Å²) in [5, 5.41) is 0. The smallest absolute Gasteiger partial charge is 0.272 e. The lowest BCUT2D eigenvalue weighted by Crippen LogP contribution is -2.55. The Kier molecular flexibility index (Phi) is 5.94. The van der Waals surface area contributed by atoms with Gasteiger partial charge in [-0.25, -0.2) is 8.42 Å². The first-order chi connectivity index (χ1) is 12.4. The molecule has 2 aliphatic rings. The Morgan fingerprint density at radius 1 is 1.27 bits per heavy atom. The number of piperidine rings is 1. The van der Waals surface area contributed by atoms with Gasteiger partial charge in [-0.1, -0.05) is 6.07 Å². The number of likely N-dealkylation sites (tertiary alicyclic amines) is 1. The molecule has 2 saturated heterocycles. The third-order valence-electron chi connectivity index (χ3n) is 5.19. The molecule has 0 saturated carbocycles. The molecule has 1 aromatic rings. The van der Waals surface area contributed by atoms with Crippen molar-refractivity contribution in [2.24, 2.45) is 0 Å². The zero-order valence-electron chi connectivity index (χ0n) is 15.4. The summed E-state index contributed by atoms with van der Waals surface area (Å²) in [6.45, 7) is 4.08. The summed E-state index contributed by atoms with van der Waals surface area (Å²) >= 11 is 0. The molecule has 0 aliphatic carbocycles. The van der Waals surface area contributed by atoms with Crippen molar-refractivity contribution in [3.63, 3.8) is 0 Å². The number of amides is 1. The van der Waals surface area contributed by atoms with E-state index in [1.807, 2.05) is 19.1 Å². The van der Waals surface area contributed by atoms with Crippen LogP contribution in [0.5, 0.6) is 0 Å². The van der Waals surface area contributed by atoms with Gasteiger partial charge >= 0.3 is 0 Å². The lowest BCUT2D eigenvalue weighted by atomic mass is 10.0. The highest BCUT2D eigenvalue weighted by atomic mass is 32.2. The summed E-state index contributed by atoms with van der Waals surface area (Å²) in [6.07, 6.45) is 5.86. The van der Waals surface area contributed by atoms with Crippen molar-refractivity contribution in [3.05, 3.63) is 29.6 Å². The number of rotatable bonds is 4. The van der Waals surface area contributed by atoms with E-state index in [2.05, 4.69) is 4.98 Å². The van der Waals surface area contributed by atoms with Crippen molar-refractivity contribution in [2.75, 3.05) is 32.6 Å². The third kappa shape index (κ3) is 4.24. The van der Waals surface area contributed by atoms with E-state index in [9.17, 15) is 13.2 Å². The molecule has 3 heterocycles. The Bertz CT molecular complexity index is 747. The largest absolute Gasteiger partial charge is 0.381 e. The lowest BCUT2D eigenvalue weighted by Gasteiger charge is -2.42. The van der Waals surface area contributed by atoms with Crippen molar-refractivity contribution in [1.82, 2.24) is 14.2 Å². The molecule has 2 aliphatic heterocycles. The monoisotopic (exact) mass is 381 g/mol. The minimum atomic E-state index is -3.36. The zero-order valence-corrected chi connectivity index (χ0v) is 16.2. The lowest BCUT2D eigenvalue weighted by molar-refractivity contribution is 0.0340. The number of sulfonamides is 1. The van der Waals surface area contributed by atoms with E-state index in [0.29, 0.717) is 44.8 Å². The average Bonchev–Trinajstić information content (AvgIpc) is 2.62. The van der Waals surface area contributed by atoms with Crippen molar-refractivity contribution in [3.8, 4) is 0 Å². The van der Waals surface area contributed by atoms with Crippen molar-refractivity contribution in [2.45, 2.75) is 44.7 Å². The summed E-state index contributed by atoms with van der Waals surface area (Å²) in [5.41, 5.74) is 1.29. The third-order valence-corrected chi connectivity index (χ3v) is 6.55. The Balaban J connectivity index is 1.79. The number of hydrogen-bond donors (Lipinski definition) is 0. The van der Waals surface area contributed by atoms with E-state index >= 15 is 0 Å². The fraction of sp³-hybridized carbons (Fsp3) is 0.667. The number of aryl methyl sites for hydroxylation is 1. The Hall–Kier alpha value is -1.51. The number of hydrogen-bond acceptors (Lipinski definition) is 5. The molecule has 1 amide bonds. The molecule has 7 nitrogen and oxygen atoms in total. The van der Waals surface area contributed by atoms with Crippen molar-refractivity contribution >= 4 is 15.9 Å². The summed E-state index contributed by atoms with van der Waals surface area (Å²) in [7, 11) is -3.36. The number of ether oxygens (including phenoxy) is 1. The van der Waals surface area contributed by atoms with Gasteiger partial charge in [0.2, 0.25) is 10.0 Å². The molecule has 0 bridgehead atoms. The van der Waals surface area contributed by atoms with Crippen LogP contribution in [0.3, 0.4) is 0 Å². The highest BCUT2D eigenvalue weighted by molar-refractivity contribution is 7.88. The number of carbonyl (C=O) groups excluding carboxylic acids is 1. The molecule has 2 fully saturated rings. The molecule has 26 heavy (non-hydrogen) atoms. The van der Waals surface area contributed by atoms with Gasteiger partial charge in [0.25, 0.3) is 5.91 Å². The number of nitrogens with zero attached hydrogens (tertiary/aromatic N) is 3. The predicted molar refractivity (Wildman–Crippen MR) is 98.4 cm³/mol. The van der Waals surface area contributed by atoms with Gasteiger partial charge in [0.15, 0.2) is 0 Å². The normalized spacial score (nSPS) is 22.6. The molecule has 0 spiro atoms. The van der Waals surface area contributed by atoms with Gasteiger partial charge in [0.1, 0.15) is 5.69 Å². The summed E-state index contributed by atoms with van der Waals surface area (Å²) in [4.78, 5) is 18.9. The van der Waals surface area contributed by atoms with Gasteiger partial charge in [-0.05, 0) is 44.2 Å². The second kappa shape index (κ2) is 8.02. The minimum absolute atomic E-state index is 0.0459. The zero-order chi connectivity index (χ0) is 18.7. The standard InChI is InChI=1S/C18H27N3O4S/c1-14-5-3-9-19-17(14)18(22)20-10-4-6-16(13-20)21(26(2,23)24)15-7-11-25-12-8-15/h3,5,9,15-16H,4,6-8,10-13H2,1-2H3. The molecular formula is C18H27N3O4S. The summed E-state index contributed by atoms with van der Waals surface area (Å²) in [6, 6.07) is 3.44. The molecule has 3 rings (SSSR count). The molecule has 144 valence electrons. The first-order valence-corrected chi connectivity index (χ1v) is 11.0. The highest BCUT2D eigenvalue weighted by Gasteiger charge is 2.38. The highest BCUT2D eigenvalue weighted by Crippen LogP contribution is 2.26. The van der Waals surface area contributed by atoms with E-state index in [-0.39, 0.29) is 18.0 Å². The summed E-state index contributed by atoms with van der Waals surface area (Å²) < 4.78 is 32.0. The molecular weight excluding hydrogens is 354 g/mol. The van der Waals surface area contributed by atoms with Crippen LogP contribution >= 0.6 is 0 Å². The Morgan fingerprint density at radius 3 is 2.65 bits per heavy atom. The summed E-state index contributed by atoms with van der Waals surface area (Å²) in [5.74, 6) is -0.117. The quantitative estimate of drug-likeness (QED) is 0.788. The first kappa shape index (κ1) is 19.3. The molecule has 0 radical (unpaired) electrons. The molecule has 0 N–H and O–H groups in total. The van der Waals surface area contributed by atoms with Crippen LogP contribution in [0.1, 0.15) is 41.7 Å². The number of pyridine rings is 1. The molecule has 0 aromatic carbocycles. The number of carbonyl (C=O) groups is 1. The van der Waals surface area contributed by atoms with Gasteiger partial charge in [0, 0.05) is 44.6 Å². The van der Waals surface area contributed by atoms with Crippen LogP contribution in [0.4, 0.5) is 0 Å². The van der Waals surface area contributed by atoms with Gasteiger partial charge in [-0.15, -0.1) is 0 Å². The fourth-order valence-corrected chi connectivity index (χ4v) is 5.45. The van der Waals surface area contributed by atoms with E-state index in [0.717, 1.165) is 18.4 Å². The van der Waals surface area contributed by atoms with Crippen LogP contribution in [-0.2, 0) is 14.8 Å². The van der Waals surface area contributed by atoms with Crippen LogP contribution in [0.2, 0.25) is 0 Å². The van der Waals surface area contributed by atoms with Gasteiger partial charge < -0.3 is 9.64 Å². The van der Waals surface area contributed by atoms with Crippen LogP contribution in [0.25, 0.3) is 0 Å². The predicted octanol–water partition coefficient (Wildman–Crippen LogP) is 1.44. The van der Waals surface area contributed by atoms with Crippen LogP contribution < -0.4 is 0 Å². The Morgan fingerprint density at radius 2 is 2.00 bits per heavy atom. The minimum Gasteiger partial charge on any atom is -0.381 e. The van der Waals surface area contributed by atoms with Crippen LogP contribution in [-0.4, -0.2) is 73.2 Å². The molecule has 8 heteroatoms. The van der Waals surface area contributed by atoms with E-state index in [4.69, 9.17) is 4.74 Å². The molecule has 1 aromatic heterocycles. The number of aromatic nitrogens is 1. The fourth-order valence-electron chi connectivity index (χ4n) is 3.99. The van der Waals surface area contributed by atoms with Gasteiger partial charge in [-0.3, -0.25) is 9.78 Å². The molecule has 1 atom stereocenters. The topological polar surface area (TPSA) is 79.8 Å². The van der Waals surface area contributed by atoms with Gasteiger partial charge in [0.05, 0.1) is 6.26 Å². The molecule has 1 unspecified atom stereocenters. The van der Waals surface area contributed by atoms with Gasteiger partial charge in [-0.2, -0.15) is 4.31 Å². The maximum Gasteiger partial charge on any atom is 0.272 e. The van der Waals surface area contributed by atoms with E-state index in [1.54, 1.807) is 15.4 Å². The maximum absolute atomic E-state index is 12.9. The maximum atomic E-state index is 12.9. The average molecular weight is 381 g/mol. The SMILES string of the molecule is Cc1cccnc1C(=O)N1CCCC(N(C2CCOCC2)S(C)(=O)=O)C1.